The summed E-state index contributed by atoms with van der Waals surface area (Å²) in [6, 6.07) is 5.59. The van der Waals surface area contributed by atoms with Gasteiger partial charge in [-0.15, -0.1) is 0 Å². The highest BCUT2D eigenvalue weighted by atomic mass is 79.9. The fourth-order valence-corrected chi connectivity index (χ4v) is 2.22. The Balaban J connectivity index is 3.17. The standard InChI is InChI=1S/C11H13BrO3/c1-7(11(13)14)10-8(6-15-2)4-3-5-9(10)12/h3-5,7H,6H2,1-2H3,(H,13,14). The lowest BCUT2D eigenvalue weighted by Gasteiger charge is -2.14. The number of methoxy groups -OCH3 is 1. The summed E-state index contributed by atoms with van der Waals surface area (Å²) >= 11 is 3.37. The van der Waals surface area contributed by atoms with Crippen molar-refractivity contribution in [1.82, 2.24) is 0 Å². The Morgan fingerprint density at radius 1 is 1.60 bits per heavy atom. The van der Waals surface area contributed by atoms with Gasteiger partial charge in [0.15, 0.2) is 0 Å². The Labute approximate surface area is 97.2 Å². The summed E-state index contributed by atoms with van der Waals surface area (Å²) in [6.07, 6.45) is 0. The van der Waals surface area contributed by atoms with E-state index in [4.69, 9.17) is 9.84 Å². The fourth-order valence-electron chi connectivity index (χ4n) is 1.47. The van der Waals surface area contributed by atoms with Crippen LogP contribution < -0.4 is 0 Å². The van der Waals surface area contributed by atoms with Gasteiger partial charge in [-0.2, -0.15) is 0 Å². The van der Waals surface area contributed by atoms with Crippen LogP contribution in [0.3, 0.4) is 0 Å². The molecule has 1 rings (SSSR count). The molecule has 15 heavy (non-hydrogen) atoms. The molecule has 1 aromatic rings. The predicted molar refractivity (Wildman–Crippen MR) is 60.9 cm³/mol. The second-order valence-corrected chi connectivity index (χ2v) is 4.16. The van der Waals surface area contributed by atoms with Crippen molar-refractivity contribution in [2.24, 2.45) is 0 Å². The number of rotatable bonds is 4. The molecule has 3 nitrogen and oxygen atoms in total. The summed E-state index contributed by atoms with van der Waals surface area (Å²) < 4.78 is 5.85. The molecule has 0 aliphatic heterocycles. The number of benzene rings is 1. The van der Waals surface area contributed by atoms with E-state index in [1.807, 2.05) is 18.2 Å². The highest BCUT2D eigenvalue weighted by molar-refractivity contribution is 9.10. The Kier molecular flexibility index (Phi) is 4.29. The van der Waals surface area contributed by atoms with Crippen LogP contribution >= 0.6 is 15.9 Å². The number of carboxylic acid groups (broad SMARTS) is 1. The van der Waals surface area contributed by atoms with E-state index in [0.717, 1.165) is 15.6 Å². The summed E-state index contributed by atoms with van der Waals surface area (Å²) in [7, 11) is 1.59. The summed E-state index contributed by atoms with van der Waals surface area (Å²) in [5.74, 6) is -1.37. The molecule has 0 saturated heterocycles. The molecule has 1 unspecified atom stereocenters. The zero-order valence-electron chi connectivity index (χ0n) is 8.66. The van der Waals surface area contributed by atoms with Gasteiger partial charge < -0.3 is 9.84 Å². The molecule has 0 radical (unpaired) electrons. The summed E-state index contributed by atoms with van der Waals surface area (Å²) in [6.45, 7) is 2.09. The van der Waals surface area contributed by atoms with Crippen molar-refractivity contribution in [3.8, 4) is 0 Å². The third-order valence-electron chi connectivity index (χ3n) is 2.25. The SMILES string of the molecule is COCc1cccc(Br)c1C(C)C(=O)O. The second-order valence-electron chi connectivity index (χ2n) is 3.31. The number of carboxylic acids is 1. The van der Waals surface area contributed by atoms with Crippen LogP contribution in [0.1, 0.15) is 24.0 Å². The van der Waals surface area contributed by atoms with Crippen LogP contribution in [0.4, 0.5) is 0 Å². The molecule has 4 heteroatoms. The largest absolute Gasteiger partial charge is 0.481 e. The average Bonchev–Trinajstić information content (AvgIpc) is 2.17. The zero-order valence-corrected chi connectivity index (χ0v) is 10.2. The fraction of sp³-hybridized carbons (Fsp3) is 0.364. The van der Waals surface area contributed by atoms with Gasteiger partial charge in [0.05, 0.1) is 12.5 Å². The lowest BCUT2D eigenvalue weighted by atomic mass is 9.96. The third kappa shape index (κ3) is 2.79. The van der Waals surface area contributed by atoms with E-state index in [-0.39, 0.29) is 0 Å². The van der Waals surface area contributed by atoms with E-state index in [9.17, 15) is 4.79 Å². The van der Waals surface area contributed by atoms with Crippen molar-refractivity contribution in [2.45, 2.75) is 19.4 Å². The molecule has 1 aromatic carbocycles. The van der Waals surface area contributed by atoms with Crippen molar-refractivity contribution in [2.75, 3.05) is 7.11 Å². The monoisotopic (exact) mass is 272 g/mol. The van der Waals surface area contributed by atoms with Crippen LogP contribution in [0.25, 0.3) is 0 Å². The molecule has 0 aliphatic carbocycles. The van der Waals surface area contributed by atoms with Gasteiger partial charge in [-0.05, 0) is 24.1 Å². The molecular weight excluding hydrogens is 260 g/mol. The molecule has 0 bridgehead atoms. The normalized spacial score (nSPS) is 12.5. The van der Waals surface area contributed by atoms with Gasteiger partial charge in [-0.1, -0.05) is 28.1 Å². The quantitative estimate of drug-likeness (QED) is 0.917. The molecule has 0 heterocycles. The molecule has 1 N–H and O–H groups in total. The maximum absolute atomic E-state index is 10.9. The number of carbonyl (C=O) groups is 1. The van der Waals surface area contributed by atoms with Gasteiger partial charge in [0.2, 0.25) is 0 Å². The molecule has 0 aliphatic rings. The molecule has 0 spiro atoms. The van der Waals surface area contributed by atoms with Crippen LogP contribution in [0.2, 0.25) is 0 Å². The molecule has 0 amide bonds. The zero-order chi connectivity index (χ0) is 11.4. The minimum absolute atomic E-state index is 0.423. The smallest absolute Gasteiger partial charge is 0.310 e. The number of ether oxygens (including phenoxy) is 1. The van der Waals surface area contributed by atoms with E-state index in [2.05, 4.69) is 15.9 Å². The van der Waals surface area contributed by atoms with E-state index in [1.54, 1.807) is 14.0 Å². The highest BCUT2D eigenvalue weighted by Gasteiger charge is 2.19. The number of halogens is 1. The minimum Gasteiger partial charge on any atom is -0.481 e. The lowest BCUT2D eigenvalue weighted by Crippen LogP contribution is -2.11. The average molecular weight is 273 g/mol. The van der Waals surface area contributed by atoms with Crippen molar-refractivity contribution in [1.29, 1.82) is 0 Å². The lowest BCUT2D eigenvalue weighted by molar-refractivity contribution is -0.138. The van der Waals surface area contributed by atoms with Gasteiger partial charge in [0.25, 0.3) is 0 Å². The molecule has 1 atom stereocenters. The van der Waals surface area contributed by atoms with E-state index in [1.165, 1.54) is 0 Å². The Morgan fingerprint density at radius 2 is 2.27 bits per heavy atom. The van der Waals surface area contributed by atoms with E-state index in [0.29, 0.717) is 6.61 Å². The van der Waals surface area contributed by atoms with Crippen LogP contribution in [0.15, 0.2) is 22.7 Å². The third-order valence-corrected chi connectivity index (χ3v) is 2.94. The minimum atomic E-state index is -0.834. The molecule has 0 aromatic heterocycles. The van der Waals surface area contributed by atoms with E-state index < -0.39 is 11.9 Å². The summed E-state index contributed by atoms with van der Waals surface area (Å²) in [5, 5.41) is 8.99. The molecular formula is C11H13BrO3. The van der Waals surface area contributed by atoms with Gasteiger partial charge in [-0.3, -0.25) is 4.79 Å². The van der Waals surface area contributed by atoms with Crippen molar-refractivity contribution in [3.05, 3.63) is 33.8 Å². The van der Waals surface area contributed by atoms with Crippen molar-refractivity contribution >= 4 is 21.9 Å². The number of hydrogen-bond acceptors (Lipinski definition) is 2. The Bertz CT molecular complexity index is 363. The van der Waals surface area contributed by atoms with Gasteiger partial charge in [0.1, 0.15) is 0 Å². The summed E-state index contributed by atoms with van der Waals surface area (Å²) in [5.41, 5.74) is 1.69. The predicted octanol–water partition coefficient (Wildman–Crippen LogP) is 2.78. The van der Waals surface area contributed by atoms with Crippen LogP contribution in [0.5, 0.6) is 0 Å². The summed E-state index contributed by atoms with van der Waals surface area (Å²) in [4.78, 5) is 10.9. The first-order valence-electron chi connectivity index (χ1n) is 4.57. The number of hydrogen-bond donors (Lipinski definition) is 1. The van der Waals surface area contributed by atoms with Crippen LogP contribution in [-0.2, 0) is 16.1 Å². The van der Waals surface area contributed by atoms with Gasteiger partial charge in [0, 0.05) is 11.6 Å². The number of aliphatic carboxylic acids is 1. The second kappa shape index (κ2) is 5.28. The van der Waals surface area contributed by atoms with E-state index >= 15 is 0 Å². The van der Waals surface area contributed by atoms with Gasteiger partial charge in [-0.25, -0.2) is 0 Å². The van der Waals surface area contributed by atoms with Gasteiger partial charge >= 0.3 is 5.97 Å². The Morgan fingerprint density at radius 3 is 2.80 bits per heavy atom. The maximum Gasteiger partial charge on any atom is 0.310 e. The molecule has 0 fully saturated rings. The topological polar surface area (TPSA) is 46.5 Å². The van der Waals surface area contributed by atoms with Crippen molar-refractivity contribution < 1.29 is 14.6 Å². The first-order chi connectivity index (χ1) is 7.07. The molecule has 82 valence electrons. The first-order valence-corrected chi connectivity index (χ1v) is 5.36. The van der Waals surface area contributed by atoms with Crippen molar-refractivity contribution in [3.63, 3.8) is 0 Å². The first kappa shape index (κ1) is 12.2. The molecule has 0 saturated carbocycles. The maximum atomic E-state index is 10.9. The Hall–Kier alpha value is -0.870. The van der Waals surface area contributed by atoms with Crippen LogP contribution in [-0.4, -0.2) is 18.2 Å². The highest BCUT2D eigenvalue weighted by Crippen LogP contribution is 2.29. The van der Waals surface area contributed by atoms with Crippen LogP contribution in [0, 0.1) is 0 Å².